The van der Waals surface area contributed by atoms with Crippen LogP contribution in [-0.2, 0) is 17.8 Å². The molecular formula is C25H32N6O2S. The van der Waals surface area contributed by atoms with Crippen molar-refractivity contribution in [1.82, 2.24) is 14.8 Å². The van der Waals surface area contributed by atoms with E-state index >= 15 is 0 Å². The highest BCUT2D eigenvalue weighted by Crippen LogP contribution is 2.13. The summed E-state index contributed by atoms with van der Waals surface area (Å²) in [5, 5.41) is 23.7. The van der Waals surface area contributed by atoms with E-state index in [1.54, 1.807) is 19.2 Å². The molecule has 0 unspecified atom stereocenters. The Bertz CT molecular complexity index is 1250. The van der Waals surface area contributed by atoms with Crippen LogP contribution in [0.5, 0.6) is 0 Å². The SMILES string of the molecule is CCn1c(=C(C#N)C(=O)NCC#N)sc(=CNc2cccc(CCN(C(C)C)C(C)C)c2)c1=O. The summed E-state index contributed by atoms with van der Waals surface area (Å²) in [4.78, 5) is 27.6. The van der Waals surface area contributed by atoms with Gasteiger partial charge in [-0.25, -0.2) is 0 Å². The van der Waals surface area contributed by atoms with E-state index < -0.39 is 5.91 Å². The number of aromatic nitrogens is 1. The zero-order valence-electron chi connectivity index (χ0n) is 20.4. The van der Waals surface area contributed by atoms with Crippen LogP contribution in [0.1, 0.15) is 40.2 Å². The highest BCUT2D eigenvalue weighted by molar-refractivity contribution is 7.07. The first-order valence-corrected chi connectivity index (χ1v) is 12.2. The zero-order chi connectivity index (χ0) is 25.3. The molecule has 0 fully saturated rings. The maximum Gasteiger partial charge on any atom is 0.270 e. The van der Waals surface area contributed by atoms with Crippen molar-refractivity contribution in [3.63, 3.8) is 0 Å². The number of nitrogens with zero attached hydrogens (tertiary/aromatic N) is 4. The molecule has 0 aliphatic carbocycles. The number of anilines is 1. The predicted octanol–water partition coefficient (Wildman–Crippen LogP) is 1.76. The average Bonchev–Trinajstić information content (AvgIpc) is 3.11. The van der Waals surface area contributed by atoms with Gasteiger partial charge in [0.15, 0.2) is 5.57 Å². The third-order valence-corrected chi connectivity index (χ3v) is 6.52. The van der Waals surface area contributed by atoms with Crippen molar-refractivity contribution in [1.29, 1.82) is 10.5 Å². The lowest BCUT2D eigenvalue weighted by molar-refractivity contribution is -0.115. The van der Waals surface area contributed by atoms with Crippen molar-refractivity contribution >= 4 is 34.7 Å². The number of carbonyl (C=O) groups excluding carboxylic acids is 1. The van der Waals surface area contributed by atoms with Gasteiger partial charge in [-0.1, -0.05) is 12.1 Å². The van der Waals surface area contributed by atoms with Gasteiger partial charge in [-0.15, -0.1) is 11.3 Å². The molecule has 1 amide bonds. The first-order chi connectivity index (χ1) is 16.2. The fraction of sp³-hybridized carbons (Fsp3) is 0.440. The molecule has 2 rings (SSSR count). The molecule has 0 saturated heterocycles. The summed E-state index contributed by atoms with van der Waals surface area (Å²) in [7, 11) is 0. The lowest BCUT2D eigenvalue weighted by Crippen LogP contribution is -2.38. The summed E-state index contributed by atoms with van der Waals surface area (Å²) in [5.74, 6) is -0.670. The number of rotatable bonds is 10. The number of hydrogen-bond donors (Lipinski definition) is 2. The van der Waals surface area contributed by atoms with Gasteiger partial charge in [-0.2, -0.15) is 10.5 Å². The summed E-state index contributed by atoms with van der Waals surface area (Å²) in [5.41, 5.74) is 1.58. The predicted molar refractivity (Wildman–Crippen MR) is 136 cm³/mol. The van der Waals surface area contributed by atoms with Crippen molar-refractivity contribution in [2.45, 2.75) is 59.7 Å². The van der Waals surface area contributed by atoms with Crippen molar-refractivity contribution in [3.05, 3.63) is 49.4 Å². The van der Waals surface area contributed by atoms with Gasteiger partial charge in [0, 0.05) is 37.1 Å². The van der Waals surface area contributed by atoms with Gasteiger partial charge >= 0.3 is 0 Å². The minimum absolute atomic E-state index is 0.180. The smallest absolute Gasteiger partial charge is 0.270 e. The summed E-state index contributed by atoms with van der Waals surface area (Å²) >= 11 is 1.07. The first kappa shape index (κ1) is 26.8. The molecule has 9 heteroatoms. The Morgan fingerprint density at radius 2 is 1.94 bits per heavy atom. The Labute approximate surface area is 204 Å². The maximum atomic E-state index is 12.9. The van der Waals surface area contributed by atoms with Crippen LogP contribution in [0, 0.1) is 22.7 Å². The second kappa shape index (κ2) is 12.7. The van der Waals surface area contributed by atoms with E-state index in [4.69, 9.17) is 5.26 Å². The van der Waals surface area contributed by atoms with Gasteiger partial charge in [0.2, 0.25) is 0 Å². The summed E-state index contributed by atoms with van der Waals surface area (Å²) in [6, 6.07) is 12.7. The van der Waals surface area contributed by atoms with Crippen LogP contribution in [0.15, 0.2) is 29.1 Å². The monoisotopic (exact) mass is 480 g/mol. The van der Waals surface area contributed by atoms with E-state index in [2.05, 4.69) is 55.4 Å². The first-order valence-electron chi connectivity index (χ1n) is 11.3. The molecule has 0 spiro atoms. The highest BCUT2D eigenvalue weighted by Gasteiger charge is 2.15. The van der Waals surface area contributed by atoms with E-state index in [9.17, 15) is 14.9 Å². The molecule has 2 aromatic rings. The average molecular weight is 481 g/mol. The van der Waals surface area contributed by atoms with Crippen LogP contribution in [0.2, 0.25) is 0 Å². The van der Waals surface area contributed by atoms with E-state index in [0.717, 1.165) is 30.0 Å². The summed E-state index contributed by atoms with van der Waals surface area (Å²) in [6.07, 6.45) is 2.52. The normalized spacial score (nSPS) is 12.6. The molecule has 0 aliphatic heterocycles. The van der Waals surface area contributed by atoms with Crippen LogP contribution in [0.3, 0.4) is 0 Å². The lowest BCUT2D eigenvalue weighted by atomic mass is 10.1. The van der Waals surface area contributed by atoms with E-state index in [1.807, 2.05) is 18.2 Å². The number of thiazole rings is 1. The van der Waals surface area contributed by atoms with Gasteiger partial charge in [0.25, 0.3) is 11.5 Å². The standard InChI is InChI=1S/C25H32N6O2S/c1-6-30-24(33)22(34-25(30)21(15-27)23(32)28-12-11-26)16-29-20-9-7-8-19(14-20)10-13-31(17(2)3)18(4)5/h7-9,14,16-18,29H,6,10,12-13H2,1-5H3,(H,28,32). The van der Waals surface area contributed by atoms with Gasteiger partial charge in [0.05, 0.1) is 6.07 Å². The number of amides is 1. The number of nitriles is 2. The number of benzene rings is 1. The lowest BCUT2D eigenvalue weighted by Gasteiger charge is -2.30. The van der Waals surface area contributed by atoms with Gasteiger partial charge in [0.1, 0.15) is 21.8 Å². The van der Waals surface area contributed by atoms with E-state index in [-0.39, 0.29) is 22.3 Å². The van der Waals surface area contributed by atoms with Crippen molar-refractivity contribution < 1.29 is 4.79 Å². The number of carbonyl (C=O) groups is 1. The molecule has 180 valence electrons. The second-order valence-electron chi connectivity index (χ2n) is 8.31. The molecule has 1 aromatic carbocycles. The number of hydrogen-bond acceptors (Lipinski definition) is 7. The van der Waals surface area contributed by atoms with Gasteiger partial charge < -0.3 is 10.6 Å². The molecule has 34 heavy (non-hydrogen) atoms. The van der Waals surface area contributed by atoms with Crippen molar-refractivity contribution in [2.75, 3.05) is 18.4 Å². The highest BCUT2D eigenvalue weighted by atomic mass is 32.1. The Balaban J connectivity index is 2.33. The Hall–Kier alpha value is -3.40. The Morgan fingerprint density at radius 1 is 1.24 bits per heavy atom. The molecule has 8 nitrogen and oxygen atoms in total. The number of nitrogens with one attached hydrogen (secondary N) is 2. The third kappa shape index (κ3) is 6.80. The molecule has 0 atom stereocenters. The van der Waals surface area contributed by atoms with Crippen molar-refractivity contribution in [2.24, 2.45) is 0 Å². The molecule has 0 saturated carbocycles. The molecule has 0 bridgehead atoms. The van der Waals surface area contributed by atoms with Crippen LogP contribution in [0.25, 0.3) is 11.8 Å². The molecule has 2 N–H and O–H groups in total. The van der Waals surface area contributed by atoms with Crippen LogP contribution >= 0.6 is 11.3 Å². The minimum Gasteiger partial charge on any atom is -0.360 e. The van der Waals surface area contributed by atoms with Gasteiger partial charge in [-0.3, -0.25) is 19.1 Å². The van der Waals surface area contributed by atoms with E-state index in [1.165, 1.54) is 10.1 Å². The Kier molecular flexibility index (Phi) is 10.1. The van der Waals surface area contributed by atoms with E-state index in [0.29, 0.717) is 23.2 Å². The summed E-state index contributed by atoms with van der Waals surface area (Å²) in [6.45, 7) is 11.6. The third-order valence-electron chi connectivity index (χ3n) is 5.39. The molecule has 0 radical (unpaired) electrons. The van der Waals surface area contributed by atoms with Crippen molar-refractivity contribution in [3.8, 4) is 12.1 Å². The quantitative estimate of drug-likeness (QED) is 0.501. The fourth-order valence-electron chi connectivity index (χ4n) is 3.73. The van der Waals surface area contributed by atoms with Gasteiger partial charge in [-0.05, 0) is 58.7 Å². The zero-order valence-corrected chi connectivity index (χ0v) is 21.2. The fourth-order valence-corrected chi connectivity index (χ4v) is 4.82. The molecular weight excluding hydrogens is 448 g/mol. The molecule has 0 aliphatic rings. The van der Waals surface area contributed by atoms with Crippen LogP contribution < -0.4 is 25.4 Å². The topological polar surface area (TPSA) is 114 Å². The second-order valence-corrected chi connectivity index (χ2v) is 9.34. The molecule has 1 heterocycles. The van der Waals surface area contributed by atoms with Crippen LogP contribution in [0.4, 0.5) is 5.69 Å². The summed E-state index contributed by atoms with van der Waals surface area (Å²) < 4.78 is 2.05. The minimum atomic E-state index is -0.670. The maximum absolute atomic E-state index is 12.9. The largest absolute Gasteiger partial charge is 0.360 e. The Morgan fingerprint density at radius 3 is 2.53 bits per heavy atom. The molecule has 1 aromatic heterocycles. The van der Waals surface area contributed by atoms with Crippen LogP contribution in [-0.4, -0.2) is 40.5 Å².